The van der Waals surface area contributed by atoms with Gasteiger partial charge < -0.3 is 14.6 Å². The van der Waals surface area contributed by atoms with Crippen molar-refractivity contribution in [3.05, 3.63) is 54.1 Å². The summed E-state index contributed by atoms with van der Waals surface area (Å²) < 4.78 is 2.33. The van der Waals surface area contributed by atoms with Gasteiger partial charge in [-0.3, -0.25) is 9.69 Å². The van der Waals surface area contributed by atoms with Crippen LogP contribution >= 0.6 is 0 Å². The lowest BCUT2D eigenvalue weighted by Gasteiger charge is -2.33. The highest BCUT2D eigenvalue weighted by molar-refractivity contribution is 6.08. The maximum atomic E-state index is 12.5. The summed E-state index contributed by atoms with van der Waals surface area (Å²) in [5, 5.41) is 11.5. The van der Waals surface area contributed by atoms with Gasteiger partial charge in [0.1, 0.15) is 0 Å². The van der Waals surface area contributed by atoms with Gasteiger partial charge in [0.05, 0.1) is 6.61 Å². The molecular formula is C23H27N3O2. The first-order valence-electron chi connectivity index (χ1n) is 10.0. The van der Waals surface area contributed by atoms with Gasteiger partial charge in [0.25, 0.3) is 0 Å². The number of hydrogen-bond acceptors (Lipinski definition) is 3. The minimum atomic E-state index is 0.0553. The van der Waals surface area contributed by atoms with Crippen molar-refractivity contribution in [1.82, 2.24) is 14.4 Å². The molecule has 0 unspecified atom stereocenters. The summed E-state index contributed by atoms with van der Waals surface area (Å²) in [5.74, 6) is 0.0553. The molecule has 4 rings (SSSR count). The Kier molecular flexibility index (Phi) is 5.46. The standard InChI is InChI=1S/C23H27N3O2/c1-2-26-21-6-4-3-5-19(21)20-17-18(7-9-22(20)26)8-10-23(28)25-13-11-24(12-14-25)15-16-27/h3-10,17,27H,2,11-16H2,1H3/b10-8+. The second-order valence-electron chi connectivity index (χ2n) is 7.26. The van der Waals surface area contributed by atoms with Gasteiger partial charge in [-0.25, -0.2) is 0 Å². The minimum Gasteiger partial charge on any atom is -0.395 e. The number of benzene rings is 2. The van der Waals surface area contributed by atoms with Crippen LogP contribution in [0.25, 0.3) is 27.9 Å². The minimum absolute atomic E-state index is 0.0553. The predicted octanol–water partition coefficient (Wildman–Crippen LogP) is 2.96. The Morgan fingerprint density at radius 3 is 2.54 bits per heavy atom. The maximum Gasteiger partial charge on any atom is 0.246 e. The van der Waals surface area contributed by atoms with Gasteiger partial charge in [0, 0.05) is 67.2 Å². The number of rotatable bonds is 5. The summed E-state index contributed by atoms with van der Waals surface area (Å²) in [4.78, 5) is 16.6. The van der Waals surface area contributed by atoms with Gasteiger partial charge in [0.15, 0.2) is 0 Å². The third kappa shape index (κ3) is 3.55. The second kappa shape index (κ2) is 8.17. The van der Waals surface area contributed by atoms with Crippen molar-refractivity contribution in [2.45, 2.75) is 13.5 Å². The van der Waals surface area contributed by atoms with Crippen molar-refractivity contribution < 1.29 is 9.90 Å². The Balaban J connectivity index is 1.53. The zero-order valence-corrected chi connectivity index (χ0v) is 16.3. The Labute approximate surface area is 165 Å². The number of hydrogen-bond donors (Lipinski definition) is 1. The molecule has 0 atom stereocenters. The van der Waals surface area contributed by atoms with Gasteiger partial charge in [-0.05, 0) is 36.8 Å². The number of aliphatic hydroxyl groups excluding tert-OH is 1. The van der Waals surface area contributed by atoms with E-state index in [1.54, 1.807) is 6.08 Å². The van der Waals surface area contributed by atoms with Crippen LogP contribution < -0.4 is 0 Å². The molecule has 5 nitrogen and oxygen atoms in total. The van der Waals surface area contributed by atoms with Crippen molar-refractivity contribution in [3.8, 4) is 0 Å². The fourth-order valence-corrected chi connectivity index (χ4v) is 4.12. The van der Waals surface area contributed by atoms with E-state index in [2.05, 4.69) is 58.9 Å². The quantitative estimate of drug-likeness (QED) is 0.696. The number of carbonyl (C=O) groups is 1. The first-order chi connectivity index (χ1) is 13.7. The molecule has 1 saturated heterocycles. The van der Waals surface area contributed by atoms with Crippen LogP contribution in [0.4, 0.5) is 0 Å². The molecule has 2 heterocycles. The molecule has 0 saturated carbocycles. The van der Waals surface area contributed by atoms with Gasteiger partial charge >= 0.3 is 0 Å². The van der Waals surface area contributed by atoms with Crippen LogP contribution in [0.2, 0.25) is 0 Å². The van der Waals surface area contributed by atoms with E-state index in [0.29, 0.717) is 19.6 Å². The molecule has 1 aliphatic heterocycles. The van der Waals surface area contributed by atoms with E-state index >= 15 is 0 Å². The van der Waals surface area contributed by atoms with E-state index in [9.17, 15) is 4.79 Å². The highest BCUT2D eigenvalue weighted by atomic mass is 16.3. The molecule has 1 amide bonds. The number of nitrogens with zero attached hydrogens (tertiary/aromatic N) is 3. The van der Waals surface area contributed by atoms with E-state index in [1.807, 2.05) is 11.0 Å². The first-order valence-corrected chi connectivity index (χ1v) is 10.0. The molecule has 1 aliphatic rings. The Hall–Kier alpha value is -2.63. The Morgan fingerprint density at radius 2 is 1.79 bits per heavy atom. The lowest BCUT2D eigenvalue weighted by molar-refractivity contribution is -0.127. The summed E-state index contributed by atoms with van der Waals surface area (Å²) >= 11 is 0. The topological polar surface area (TPSA) is 48.7 Å². The van der Waals surface area contributed by atoms with Crippen LogP contribution in [0, 0.1) is 0 Å². The summed E-state index contributed by atoms with van der Waals surface area (Å²) in [6, 6.07) is 14.9. The summed E-state index contributed by atoms with van der Waals surface area (Å²) in [6.07, 6.45) is 3.60. The number of fused-ring (bicyclic) bond motifs is 3. The molecule has 0 aliphatic carbocycles. The maximum absolute atomic E-state index is 12.5. The SMILES string of the molecule is CCn1c2ccccc2c2cc(/C=C/C(=O)N3CCN(CCO)CC3)ccc21. The van der Waals surface area contributed by atoms with Crippen molar-refractivity contribution in [1.29, 1.82) is 0 Å². The molecule has 146 valence electrons. The van der Waals surface area contributed by atoms with Gasteiger partial charge in [-0.15, -0.1) is 0 Å². The Bertz CT molecular complexity index is 1010. The highest BCUT2D eigenvalue weighted by Gasteiger charge is 2.19. The van der Waals surface area contributed by atoms with E-state index in [1.165, 1.54) is 21.8 Å². The number of piperazine rings is 1. The molecule has 5 heteroatoms. The number of aryl methyl sites for hydroxylation is 1. The van der Waals surface area contributed by atoms with Crippen LogP contribution in [-0.2, 0) is 11.3 Å². The summed E-state index contributed by atoms with van der Waals surface area (Å²) in [6.45, 7) is 7.02. The normalized spacial score (nSPS) is 15.9. The lowest BCUT2D eigenvalue weighted by atomic mass is 10.1. The summed E-state index contributed by atoms with van der Waals surface area (Å²) in [7, 11) is 0. The van der Waals surface area contributed by atoms with Crippen LogP contribution in [-0.4, -0.2) is 64.7 Å². The van der Waals surface area contributed by atoms with Crippen LogP contribution in [0.5, 0.6) is 0 Å². The first kappa shape index (κ1) is 18.7. The third-order valence-electron chi connectivity index (χ3n) is 5.63. The zero-order chi connectivity index (χ0) is 19.5. The van der Waals surface area contributed by atoms with Crippen molar-refractivity contribution in [2.24, 2.45) is 0 Å². The van der Waals surface area contributed by atoms with E-state index in [-0.39, 0.29) is 12.5 Å². The van der Waals surface area contributed by atoms with Crippen LogP contribution in [0.3, 0.4) is 0 Å². The molecule has 0 spiro atoms. The number of carbonyl (C=O) groups excluding carboxylic acids is 1. The molecule has 1 N–H and O–H groups in total. The molecule has 1 aromatic heterocycles. The molecule has 0 radical (unpaired) electrons. The fourth-order valence-electron chi connectivity index (χ4n) is 4.12. The van der Waals surface area contributed by atoms with E-state index < -0.39 is 0 Å². The van der Waals surface area contributed by atoms with E-state index in [4.69, 9.17) is 5.11 Å². The molecular weight excluding hydrogens is 350 g/mol. The predicted molar refractivity (Wildman–Crippen MR) is 114 cm³/mol. The lowest BCUT2D eigenvalue weighted by Crippen LogP contribution is -2.48. The van der Waals surface area contributed by atoms with Crippen LogP contribution in [0.1, 0.15) is 12.5 Å². The largest absolute Gasteiger partial charge is 0.395 e. The fraction of sp³-hybridized carbons (Fsp3) is 0.348. The second-order valence-corrected chi connectivity index (χ2v) is 7.26. The number of β-amino-alcohol motifs (C(OH)–C–C–N with tert-alkyl or cyclic N) is 1. The van der Waals surface area contributed by atoms with Crippen molar-refractivity contribution >= 4 is 33.8 Å². The van der Waals surface area contributed by atoms with Crippen LogP contribution in [0.15, 0.2) is 48.5 Å². The Morgan fingerprint density at radius 1 is 1.04 bits per heavy atom. The number of aliphatic hydroxyl groups is 1. The molecule has 2 aromatic carbocycles. The number of amides is 1. The molecule has 1 fully saturated rings. The van der Waals surface area contributed by atoms with Gasteiger partial charge in [0.2, 0.25) is 5.91 Å². The van der Waals surface area contributed by atoms with Gasteiger partial charge in [-0.2, -0.15) is 0 Å². The summed E-state index contributed by atoms with van der Waals surface area (Å²) in [5.41, 5.74) is 3.52. The zero-order valence-electron chi connectivity index (χ0n) is 16.3. The van der Waals surface area contributed by atoms with Crippen molar-refractivity contribution in [3.63, 3.8) is 0 Å². The van der Waals surface area contributed by atoms with Crippen molar-refractivity contribution in [2.75, 3.05) is 39.3 Å². The highest BCUT2D eigenvalue weighted by Crippen LogP contribution is 2.29. The third-order valence-corrected chi connectivity index (χ3v) is 5.63. The van der Waals surface area contributed by atoms with Gasteiger partial charge in [-0.1, -0.05) is 24.3 Å². The van der Waals surface area contributed by atoms with E-state index in [0.717, 1.165) is 25.2 Å². The smallest absolute Gasteiger partial charge is 0.246 e. The average Bonchev–Trinajstić information content (AvgIpc) is 3.06. The monoisotopic (exact) mass is 377 g/mol. The number of para-hydroxylation sites is 1. The average molecular weight is 377 g/mol. The molecule has 28 heavy (non-hydrogen) atoms. The molecule has 3 aromatic rings. The molecule has 0 bridgehead atoms. The number of aromatic nitrogens is 1.